The van der Waals surface area contributed by atoms with Gasteiger partial charge in [0.1, 0.15) is 5.75 Å². The molecule has 3 heterocycles. The Bertz CT molecular complexity index is 1050. The molecular weight excluding hydrogens is 374 g/mol. The molecule has 1 aromatic heterocycles. The van der Waals surface area contributed by atoms with E-state index in [1.807, 2.05) is 29.2 Å². The highest BCUT2D eigenvalue weighted by Crippen LogP contribution is 2.44. The number of carbonyl (C=O) groups is 1. The van der Waals surface area contributed by atoms with Crippen molar-refractivity contribution in [3.63, 3.8) is 0 Å². The van der Waals surface area contributed by atoms with E-state index in [9.17, 15) is 4.79 Å². The van der Waals surface area contributed by atoms with E-state index >= 15 is 0 Å². The number of piperidine rings is 1. The van der Waals surface area contributed by atoms with Gasteiger partial charge in [-0.2, -0.15) is 0 Å². The third kappa shape index (κ3) is 3.24. The summed E-state index contributed by atoms with van der Waals surface area (Å²) in [4.78, 5) is 14.8. The zero-order valence-corrected chi connectivity index (χ0v) is 17.3. The molecule has 0 saturated carbocycles. The molecule has 1 saturated heterocycles. The largest absolute Gasteiger partial charge is 0.497 e. The molecule has 1 amide bonds. The van der Waals surface area contributed by atoms with Crippen LogP contribution in [0.5, 0.6) is 5.75 Å². The van der Waals surface area contributed by atoms with Crippen molar-refractivity contribution >= 4 is 11.6 Å². The van der Waals surface area contributed by atoms with Crippen LogP contribution in [0.15, 0.2) is 66.9 Å². The number of rotatable bonds is 4. The van der Waals surface area contributed by atoms with Gasteiger partial charge in [0.2, 0.25) is 5.91 Å². The Morgan fingerprint density at radius 2 is 1.87 bits per heavy atom. The van der Waals surface area contributed by atoms with Crippen LogP contribution < -0.4 is 10.1 Å². The van der Waals surface area contributed by atoms with Gasteiger partial charge in [-0.15, -0.1) is 0 Å². The Morgan fingerprint density at radius 1 is 1.07 bits per heavy atom. The summed E-state index contributed by atoms with van der Waals surface area (Å²) < 4.78 is 7.71. The highest BCUT2D eigenvalue weighted by atomic mass is 16.5. The van der Waals surface area contributed by atoms with Crippen LogP contribution in [0.25, 0.3) is 5.69 Å². The number of aromatic nitrogens is 1. The van der Waals surface area contributed by atoms with Crippen molar-refractivity contribution in [1.29, 1.82) is 0 Å². The maximum absolute atomic E-state index is 12.8. The molecule has 5 nitrogen and oxygen atoms in total. The molecule has 0 atom stereocenters. The van der Waals surface area contributed by atoms with E-state index in [2.05, 4.69) is 52.5 Å². The highest BCUT2D eigenvalue weighted by Gasteiger charge is 2.42. The van der Waals surface area contributed by atoms with Gasteiger partial charge in [0.25, 0.3) is 0 Å². The molecule has 0 unspecified atom stereocenters. The molecule has 2 aliphatic rings. The number of methoxy groups -OCH3 is 1. The zero-order valence-electron chi connectivity index (χ0n) is 17.3. The number of likely N-dealkylation sites (tertiary alicyclic amines) is 1. The average Bonchev–Trinajstić information content (AvgIpc) is 3.30. The normalized spacial score (nSPS) is 16.5. The van der Waals surface area contributed by atoms with Crippen LogP contribution in [-0.2, 0) is 16.8 Å². The van der Waals surface area contributed by atoms with E-state index in [0.717, 1.165) is 49.5 Å². The minimum Gasteiger partial charge on any atom is -0.497 e. The van der Waals surface area contributed by atoms with Crippen LogP contribution in [0.3, 0.4) is 0 Å². The molecule has 154 valence electrons. The van der Waals surface area contributed by atoms with E-state index in [4.69, 9.17) is 4.74 Å². The molecule has 0 bridgehead atoms. The van der Waals surface area contributed by atoms with Gasteiger partial charge in [0.15, 0.2) is 0 Å². The molecule has 1 fully saturated rings. The van der Waals surface area contributed by atoms with E-state index in [-0.39, 0.29) is 11.4 Å². The molecule has 5 rings (SSSR count). The minimum atomic E-state index is -0.154. The van der Waals surface area contributed by atoms with Gasteiger partial charge >= 0.3 is 0 Å². The summed E-state index contributed by atoms with van der Waals surface area (Å²) in [6.07, 6.45) is 5.28. The molecular formula is C25H27N3O2. The van der Waals surface area contributed by atoms with Gasteiger partial charge in [-0.25, -0.2) is 0 Å². The predicted molar refractivity (Wildman–Crippen MR) is 118 cm³/mol. The summed E-state index contributed by atoms with van der Waals surface area (Å²) in [5, 5.41) is 3.81. The van der Waals surface area contributed by atoms with E-state index in [0.29, 0.717) is 6.42 Å². The Morgan fingerprint density at radius 3 is 2.63 bits per heavy atom. The maximum Gasteiger partial charge on any atom is 0.222 e. The van der Waals surface area contributed by atoms with Gasteiger partial charge in [-0.05, 0) is 49.1 Å². The molecule has 3 aromatic rings. The Kier molecular flexibility index (Phi) is 4.74. The first-order valence-electron chi connectivity index (χ1n) is 10.6. The third-order valence-corrected chi connectivity index (χ3v) is 6.52. The number of hydrogen-bond acceptors (Lipinski definition) is 3. The van der Waals surface area contributed by atoms with Crippen LogP contribution in [0.2, 0.25) is 0 Å². The number of carbonyl (C=O) groups excluding carboxylic acids is 1. The van der Waals surface area contributed by atoms with Crippen LogP contribution in [0, 0.1) is 0 Å². The standard InChI is InChI=1S/C25H27N3O2/c1-30-20-10-11-22-21(18-20)26-25(23-8-5-15-28(22)23)13-16-27(17-14-25)24(29)12-9-19-6-3-2-4-7-19/h2-8,10-11,15,18,26H,9,12-14,16-17H2,1H3. The lowest BCUT2D eigenvalue weighted by molar-refractivity contribution is -0.132. The lowest BCUT2D eigenvalue weighted by Gasteiger charge is -2.46. The van der Waals surface area contributed by atoms with Crippen molar-refractivity contribution in [3.05, 3.63) is 78.1 Å². The average molecular weight is 402 g/mol. The van der Waals surface area contributed by atoms with Crippen molar-refractivity contribution in [3.8, 4) is 11.4 Å². The molecule has 5 heteroatoms. The summed E-state index contributed by atoms with van der Waals surface area (Å²) in [6, 6.07) is 20.7. The minimum absolute atomic E-state index is 0.154. The van der Waals surface area contributed by atoms with Crippen molar-refractivity contribution in [1.82, 2.24) is 9.47 Å². The van der Waals surface area contributed by atoms with Crippen LogP contribution in [-0.4, -0.2) is 35.6 Å². The fourth-order valence-electron chi connectivity index (χ4n) is 4.83. The first-order valence-corrected chi connectivity index (χ1v) is 10.6. The monoisotopic (exact) mass is 401 g/mol. The van der Waals surface area contributed by atoms with E-state index in [1.54, 1.807) is 7.11 Å². The molecule has 0 aliphatic carbocycles. The molecule has 2 aliphatic heterocycles. The highest BCUT2D eigenvalue weighted by molar-refractivity contribution is 5.77. The van der Waals surface area contributed by atoms with Gasteiger partial charge in [0, 0.05) is 37.5 Å². The summed E-state index contributed by atoms with van der Waals surface area (Å²) >= 11 is 0. The number of aryl methyl sites for hydroxylation is 1. The van der Waals surface area contributed by atoms with Crippen molar-refractivity contribution in [2.75, 3.05) is 25.5 Å². The van der Waals surface area contributed by atoms with Crippen LogP contribution in [0.1, 0.15) is 30.5 Å². The van der Waals surface area contributed by atoms with Crippen molar-refractivity contribution in [2.24, 2.45) is 0 Å². The second-order valence-corrected chi connectivity index (χ2v) is 8.22. The van der Waals surface area contributed by atoms with Gasteiger partial charge in [-0.3, -0.25) is 4.79 Å². The second-order valence-electron chi connectivity index (χ2n) is 8.22. The third-order valence-electron chi connectivity index (χ3n) is 6.52. The maximum atomic E-state index is 12.8. The second kappa shape index (κ2) is 7.56. The summed E-state index contributed by atoms with van der Waals surface area (Å²) in [7, 11) is 1.70. The van der Waals surface area contributed by atoms with Crippen molar-refractivity contribution < 1.29 is 9.53 Å². The molecule has 1 N–H and O–H groups in total. The number of nitrogens with one attached hydrogen (secondary N) is 1. The van der Waals surface area contributed by atoms with Crippen molar-refractivity contribution in [2.45, 2.75) is 31.2 Å². The Hall–Kier alpha value is -3.21. The fraction of sp³-hybridized carbons (Fsp3) is 0.320. The first kappa shape index (κ1) is 18.8. The van der Waals surface area contributed by atoms with Crippen LogP contribution >= 0.6 is 0 Å². The summed E-state index contributed by atoms with van der Waals surface area (Å²) in [5.74, 6) is 1.10. The number of ether oxygens (including phenoxy) is 1. The SMILES string of the molecule is COc1ccc2c(c1)NC1(CCN(C(=O)CCc3ccccc3)CC1)c1cccn1-2. The van der Waals surface area contributed by atoms with E-state index < -0.39 is 0 Å². The predicted octanol–water partition coefficient (Wildman–Crippen LogP) is 4.36. The quantitative estimate of drug-likeness (QED) is 0.707. The lowest BCUT2D eigenvalue weighted by Crippen LogP contribution is -2.51. The molecule has 2 aromatic carbocycles. The number of fused-ring (bicyclic) bond motifs is 4. The lowest BCUT2D eigenvalue weighted by atomic mass is 9.82. The number of benzene rings is 2. The molecule has 1 spiro atoms. The summed E-state index contributed by atoms with van der Waals surface area (Å²) in [5.41, 5.74) is 4.57. The fourth-order valence-corrected chi connectivity index (χ4v) is 4.83. The first-order chi connectivity index (χ1) is 14.7. The number of amides is 1. The topological polar surface area (TPSA) is 46.5 Å². The Balaban J connectivity index is 1.31. The number of nitrogens with zero attached hydrogens (tertiary/aromatic N) is 2. The Labute approximate surface area is 177 Å². The molecule has 30 heavy (non-hydrogen) atoms. The van der Waals surface area contributed by atoms with Gasteiger partial charge < -0.3 is 19.5 Å². The summed E-state index contributed by atoms with van der Waals surface area (Å²) in [6.45, 7) is 1.54. The molecule has 0 radical (unpaired) electrons. The van der Waals surface area contributed by atoms with Crippen LogP contribution in [0.4, 0.5) is 5.69 Å². The van der Waals surface area contributed by atoms with Gasteiger partial charge in [0.05, 0.1) is 24.0 Å². The smallest absolute Gasteiger partial charge is 0.222 e. The van der Waals surface area contributed by atoms with Gasteiger partial charge in [-0.1, -0.05) is 30.3 Å². The zero-order chi connectivity index (χ0) is 20.6. The number of hydrogen-bond donors (Lipinski definition) is 1. The number of anilines is 1. The van der Waals surface area contributed by atoms with E-state index in [1.165, 1.54) is 11.3 Å².